The summed E-state index contributed by atoms with van der Waals surface area (Å²) in [7, 11) is 3.51. The van der Waals surface area contributed by atoms with Crippen molar-refractivity contribution in [2.24, 2.45) is 18.1 Å². The zero-order chi connectivity index (χ0) is 28.6. The molecule has 10 nitrogen and oxygen atoms in total. The van der Waals surface area contributed by atoms with Crippen molar-refractivity contribution in [1.82, 2.24) is 9.55 Å². The van der Waals surface area contributed by atoms with Crippen molar-refractivity contribution >= 4 is 22.4 Å². The highest BCUT2D eigenvalue weighted by Gasteiger charge is 2.33. The van der Waals surface area contributed by atoms with Crippen molar-refractivity contribution in [3.63, 3.8) is 0 Å². The van der Waals surface area contributed by atoms with Gasteiger partial charge < -0.3 is 23.8 Å². The van der Waals surface area contributed by atoms with Crippen LogP contribution < -0.4 is 19.9 Å². The Morgan fingerprint density at radius 3 is 2.55 bits per heavy atom. The number of anilines is 1. The Morgan fingerprint density at radius 1 is 1.12 bits per heavy atom. The van der Waals surface area contributed by atoms with Gasteiger partial charge in [0.2, 0.25) is 6.79 Å². The summed E-state index contributed by atoms with van der Waals surface area (Å²) >= 11 is 0. The summed E-state index contributed by atoms with van der Waals surface area (Å²) in [5, 5.41) is 24.1. The smallest absolute Gasteiger partial charge is 0.270 e. The van der Waals surface area contributed by atoms with Crippen molar-refractivity contribution in [2.75, 3.05) is 18.7 Å². The molecule has 5 rings (SSSR count). The molecule has 1 saturated carbocycles. The van der Waals surface area contributed by atoms with Crippen LogP contribution in [0.3, 0.4) is 0 Å². The second-order valence-electron chi connectivity index (χ2n) is 11.2. The molecule has 1 aliphatic heterocycles. The first-order valence-electron chi connectivity index (χ1n) is 13.3. The van der Waals surface area contributed by atoms with E-state index >= 15 is 0 Å². The Labute approximate surface area is 233 Å². The SMILES string of the molecule is CN(c1c(C#N)c(=O)n(C)c2ccc(C#N)nc12)C1CCC(/C(=N/OC(C)(C)C)c2cccc3c2OCO3)CC1. The molecule has 2 aromatic heterocycles. The van der Waals surface area contributed by atoms with Crippen molar-refractivity contribution in [3.8, 4) is 23.6 Å². The van der Waals surface area contributed by atoms with Gasteiger partial charge in [0.15, 0.2) is 11.5 Å². The molecule has 3 heterocycles. The fourth-order valence-corrected chi connectivity index (χ4v) is 5.48. The molecule has 10 heteroatoms. The van der Waals surface area contributed by atoms with Crippen LogP contribution in [-0.4, -0.2) is 40.7 Å². The minimum absolute atomic E-state index is 0.0278. The Balaban J connectivity index is 1.47. The second kappa shape index (κ2) is 10.5. The lowest BCUT2D eigenvalue weighted by Crippen LogP contribution is -2.39. The van der Waals surface area contributed by atoms with E-state index in [1.807, 2.05) is 50.9 Å². The number of ether oxygens (including phenoxy) is 2. The number of hydrogen-bond donors (Lipinski definition) is 0. The third-order valence-electron chi connectivity index (χ3n) is 7.52. The quantitative estimate of drug-likeness (QED) is 0.339. The molecule has 3 aromatic rings. The number of para-hydroxylation sites is 1. The number of aromatic nitrogens is 2. The monoisotopic (exact) mass is 540 g/mol. The maximum absolute atomic E-state index is 13.1. The van der Waals surface area contributed by atoms with Crippen LogP contribution in [0.4, 0.5) is 5.69 Å². The third kappa shape index (κ3) is 4.93. The molecule has 1 aromatic carbocycles. The largest absolute Gasteiger partial charge is 0.454 e. The van der Waals surface area contributed by atoms with Gasteiger partial charge in [0.05, 0.1) is 16.9 Å². The number of oxime groups is 1. The number of fused-ring (bicyclic) bond motifs is 2. The van der Waals surface area contributed by atoms with Gasteiger partial charge in [-0.3, -0.25) is 4.79 Å². The lowest BCUT2D eigenvalue weighted by Gasteiger charge is -2.37. The van der Waals surface area contributed by atoms with E-state index in [9.17, 15) is 15.3 Å². The molecule has 0 radical (unpaired) electrons. The van der Waals surface area contributed by atoms with E-state index in [0.717, 1.165) is 37.0 Å². The van der Waals surface area contributed by atoms with Gasteiger partial charge in [0.1, 0.15) is 34.5 Å². The first kappa shape index (κ1) is 27.0. The topological polar surface area (TPSA) is 126 Å². The van der Waals surface area contributed by atoms with Gasteiger partial charge in [-0.15, -0.1) is 0 Å². The molecule has 40 heavy (non-hydrogen) atoms. The van der Waals surface area contributed by atoms with Crippen molar-refractivity contribution in [1.29, 1.82) is 10.5 Å². The lowest BCUT2D eigenvalue weighted by molar-refractivity contribution is -0.0000620. The van der Waals surface area contributed by atoms with Crippen molar-refractivity contribution < 1.29 is 14.3 Å². The molecule has 1 aliphatic carbocycles. The summed E-state index contributed by atoms with van der Waals surface area (Å²) in [5.41, 5.74) is 2.64. The first-order chi connectivity index (χ1) is 19.1. The number of hydrogen-bond acceptors (Lipinski definition) is 9. The molecule has 2 aliphatic rings. The summed E-state index contributed by atoms with van der Waals surface area (Å²) in [4.78, 5) is 25.5. The van der Waals surface area contributed by atoms with Crippen molar-refractivity contribution in [2.45, 2.75) is 58.1 Å². The van der Waals surface area contributed by atoms with Crippen molar-refractivity contribution in [3.05, 3.63) is 57.5 Å². The molecule has 0 N–H and O–H groups in total. The fraction of sp³-hybridized carbons (Fsp3) is 0.433. The molecule has 0 unspecified atom stereocenters. The van der Waals surface area contributed by atoms with Gasteiger partial charge in [0, 0.05) is 31.6 Å². The molecule has 0 atom stereocenters. The molecule has 0 bridgehead atoms. The molecule has 206 valence electrons. The number of rotatable bonds is 5. The van der Waals surface area contributed by atoms with E-state index in [1.54, 1.807) is 19.2 Å². The van der Waals surface area contributed by atoms with E-state index in [-0.39, 0.29) is 35.6 Å². The number of pyridine rings is 2. The number of benzene rings is 1. The summed E-state index contributed by atoms with van der Waals surface area (Å²) in [5.74, 6) is 1.49. The summed E-state index contributed by atoms with van der Waals surface area (Å²) in [6, 6.07) is 13.3. The highest BCUT2D eigenvalue weighted by atomic mass is 16.7. The Hall–Kier alpha value is -4.57. The lowest BCUT2D eigenvalue weighted by atomic mass is 9.80. The van der Waals surface area contributed by atoms with Gasteiger partial charge >= 0.3 is 0 Å². The molecular weight excluding hydrogens is 508 g/mol. The van der Waals surface area contributed by atoms with Crippen LogP contribution in [-0.2, 0) is 11.9 Å². The van der Waals surface area contributed by atoms with Crippen LogP contribution in [0.2, 0.25) is 0 Å². The average Bonchev–Trinajstić information content (AvgIpc) is 3.44. The molecular formula is C30H32N6O4. The summed E-state index contributed by atoms with van der Waals surface area (Å²) in [6.45, 7) is 6.05. The van der Waals surface area contributed by atoms with Crippen LogP contribution in [0, 0.1) is 28.6 Å². The zero-order valence-corrected chi connectivity index (χ0v) is 23.4. The third-order valence-corrected chi connectivity index (χ3v) is 7.52. The van der Waals surface area contributed by atoms with E-state index in [2.05, 4.69) is 22.3 Å². The van der Waals surface area contributed by atoms with E-state index < -0.39 is 5.60 Å². The molecule has 1 fully saturated rings. The maximum atomic E-state index is 13.1. The van der Waals surface area contributed by atoms with E-state index in [0.29, 0.717) is 28.2 Å². The number of nitriles is 2. The van der Waals surface area contributed by atoms with Crippen LogP contribution in [0.25, 0.3) is 11.0 Å². The van der Waals surface area contributed by atoms with Gasteiger partial charge in [0.25, 0.3) is 5.56 Å². The van der Waals surface area contributed by atoms with Crippen LogP contribution in [0.15, 0.2) is 40.3 Å². The predicted octanol–water partition coefficient (Wildman–Crippen LogP) is 4.62. The Morgan fingerprint density at radius 2 is 1.88 bits per heavy atom. The maximum Gasteiger partial charge on any atom is 0.270 e. The van der Waals surface area contributed by atoms with E-state index in [4.69, 9.17) is 14.3 Å². The average molecular weight is 541 g/mol. The van der Waals surface area contributed by atoms with Crippen LogP contribution in [0.5, 0.6) is 11.5 Å². The van der Waals surface area contributed by atoms with Crippen LogP contribution in [0.1, 0.15) is 63.3 Å². The standard InChI is InChI=1S/C30H32N6O4/c1-30(2,3)40-34-25(21-7-6-8-24-28(21)39-17-38-24)18-9-12-20(13-10-18)35(4)27-22(16-32)29(37)36(5)23-14-11-19(15-31)33-26(23)27/h6-8,11,14,18,20H,9-10,12-13,17H2,1-5H3/b34-25-. The Kier molecular flexibility index (Phi) is 7.12. The van der Waals surface area contributed by atoms with Crippen LogP contribution >= 0.6 is 0 Å². The van der Waals surface area contributed by atoms with Gasteiger partial charge in [-0.2, -0.15) is 10.5 Å². The van der Waals surface area contributed by atoms with Gasteiger partial charge in [-0.1, -0.05) is 11.2 Å². The zero-order valence-electron chi connectivity index (χ0n) is 23.4. The minimum Gasteiger partial charge on any atom is -0.454 e. The van der Waals surface area contributed by atoms with E-state index in [1.165, 1.54) is 4.57 Å². The highest BCUT2D eigenvalue weighted by molar-refractivity contribution is 6.05. The fourth-order valence-electron chi connectivity index (χ4n) is 5.48. The molecule has 0 spiro atoms. The highest BCUT2D eigenvalue weighted by Crippen LogP contribution is 2.40. The molecule has 0 amide bonds. The minimum atomic E-state index is -0.457. The number of aryl methyl sites for hydroxylation is 1. The van der Waals surface area contributed by atoms with Gasteiger partial charge in [-0.05, 0) is 70.7 Å². The first-order valence-corrected chi connectivity index (χ1v) is 13.3. The van der Waals surface area contributed by atoms with Gasteiger partial charge in [-0.25, -0.2) is 4.98 Å². The molecule has 0 saturated heterocycles. The summed E-state index contributed by atoms with van der Waals surface area (Å²) < 4.78 is 12.8. The second-order valence-corrected chi connectivity index (χ2v) is 11.2. The Bertz CT molecular complexity index is 1630. The summed E-state index contributed by atoms with van der Waals surface area (Å²) in [6.07, 6.45) is 3.21. The normalized spacial score (nSPS) is 18.7. The predicted molar refractivity (Wildman–Crippen MR) is 151 cm³/mol. The number of nitrogens with zero attached hydrogens (tertiary/aromatic N) is 6.